The van der Waals surface area contributed by atoms with Crippen molar-refractivity contribution in [3.05, 3.63) is 29.8 Å². The number of piperidine rings is 1. The molecular weight excluding hydrogens is 322 g/mol. The van der Waals surface area contributed by atoms with Crippen LogP contribution in [-0.2, 0) is 4.79 Å². The molecule has 3 N–H and O–H groups in total. The van der Waals surface area contributed by atoms with Gasteiger partial charge in [0.05, 0.1) is 5.92 Å². The Kier molecular flexibility index (Phi) is 6.01. The third-order valence-electron chi connectivity index (χ3n) is 4.32. The summed E-state index contributed by atoms with van der Waals surface area (Å²) < 4.78 is 0. The molecule has 1 fully saturated rings. The third kappa shape index (κ3) is 4.95. The van der Waals surface area contributed by atoms with Crippen LogP contribution in [0, 0.1) is 11.8 Å². The summed E-state index contributed by atoms with van der Waals surface area (Å²) in [6.07, 6.45) is 0.469. The lowest BCUT2D eigenvalue weighted by molar-refractivity contribution is -0.145. The number of urea groups is 1. The number of likely N-dealkylation sites (tertiary alicyclic amines) is 1. The number of aliphatic carboxylic acids is 1. The third-order valence-corrected chi connectivity index (χ3v) is 4.32. The average molecular weight is 347 g/mol. The number of anilines is 1. The summed E-state index contributed by atoms with van der Waals surface area (Å²) in [5, 5.41) is 14.6. The Bertz CT molecular complexity index is 642. The van der Waals surface area contributed by atoms with Gasteiger partial charge in [0.2, 0.25) is 0 Å². The van der Waals surface area contributed by atoms with Gasteiger partial charge in [-0.25, -0.2) is 4.79 Å². The first-order chi connectivity index (χ1) is 11.8. The lowest BCUT2D eigenvalue weighted by Gasteiger charge is -2.35. The van der Waals surface area contributed by atoms with Crippen LogP contribution in [0.1, 0.15) is 37.6 Å². The van der Waals surface area contributed by atoms with E-state index in [4.69, 9.17) is 5.11 Å². The summed E-state index contributed by atoms with van der Waals surface area (Å²) in [5.41, 5.74) is 1.13. The van der Waals surface area contributed by atoms with Gasteiger partial charge in [0.1, 0.15) is 0 Å². The highest BCUT2D eigenvalue weighted by molar-refractivity contribution is 5.95. The topological polar surface area (TPSA) is 98.7 Å². The highest BCUT2D eigenvalue weighted by Crippen LogP contribution is 2.25. The van der Waals surface area contributed by atoms with Crippen molar-refractivity contribution in [2.45, 2.75) is 33.2 Å². The van der Waals surface area contributed by atoms with Gasteiger partial charge in [-0.05, 0) is 50.5 Å². The fourth-order valence-corrected chi connectivity index (χ4v) is 3.00. The summed E-state index contributed by atoms with van der Waals surface area (Å²) >= 11 is 0. The van der Waals surface area contributed by atoms with Crippen molar-refractivity contribution < 1.29 is 19.5 Å². The predicted molar refractivity (Wildman–Crippen MR) is 94.5 cm³/mol. The molecule has 1 aromatic rings. The minimum absolute atomic E-state index is 0.0385. The van der Waals surface area contributed by atoms with Gasteiger partial charge in [0.15, 0.2) is 0 Å². The molecule has 0 spiro atoms. The number of carbonyl (C=O) groups is 3. The number of nitrogens with zero attached hydrogens (tertiary/aromatic N) is 1. The second-order valence-electron chi connectivity index (χ2n) is 6.79. The van der Waals surface area contributed by atoms with E-state index in [2.05, 4.69) is 10.6 Å². The van der Waals surface area contributed by atoms with Crippen molar-refractivity contribution in [3.63, 3.8) is 0 Å². The van der Waals surface area contributed by atoms with Crippen molar-refractivity contribution in [2.75, 3.05) is 18.4 Å². The Hall–Kier alpha value is -2.57. The fraction of sp³-hybridized carbons (Fsp3) is 0.500. The van der Waals surface area contributed by atoms with Gasteiger partial charge in [-0.3, -0.25) is 9.59 Å². The summed E-state index contributed by atoms with van der Waals surface area (Å²) in [5.74, 6) is -1.38. The smallest absolute Gasteiger partial charge is 0.319 e. The lowest BCUT2D eigenvalue weighted by Crippen LogP contribution is -2.45. The highest BCUT2D eigenvalue weighted by atomic mass is 16.4. The van der Waals surface area contributed by atoms with Gasteiger partial charge in [-0.15, -0.1) is 0 Å². The van der Waals surface area contributed by atoms with Crippen molar-refractivity contribution in [1.82, 2.24) is 10.2 Å². The van der Waals surface area contributed by atoms with Crippen molar-refractivity contribution >= 4 is 23.6 Å². The van der Waals surface area contributed by atoms with Crippen molar-refractivity contribution in [2.24, 2.45) is 11.8 Å². The van der Waals surface area contributed by atoms with Gasteiger partial charge in [-0.1, -0.05) is 6.92 Å². The quantitative estimate of drug-likeness (QED) is 0.779. The molecule has 25 heavy (non-hydrogen) atoms. The Labute approximate surface area is 147 Å². The van der Waals surface area contributed by atoms with Gasteiger partial charge in [0.25, 0.3) is 5.91 Å². The van der Waals surface area contributed by atoms with Gasteiger partial charge in [-0.2, -0.15) is 0 Å². The fourth-order valence-electron chi connectivity index (χ4n) is 3.00. The molecule has 7 heteroatoms. The molecule has 1 saturated heterocycles. The van der Waals surface area contributed by atoms with Gasteiger partial charge >= 0.3 is 12.0 Å². The van der Waals surface area contributed by atoms with E-state index >= 15 is 0 Å². The van der Waals surface area contributed by atoms with Crippen LogP contribution in [0.25, 0.3) is 0 Å². The molecule has 2 atom stereocenters. The largest absolute Gasteiger partial charge is 0.481 e. The minimum atomic E-state index is -0.797. The van der Waals surface area contributed by atoms with Crippen molar-refractivity contribution in [1.29, 1.82) is 0 Å². The van der Waals surface area contributed by atoms with Crippen LogP contribution >= 0.6 is 0 Å². The van der Waals surface area contributed by atoms with Crippen LogP contribution < -0.4 is 10.6 Å². The molecule has 1 aliphatic heterocycles. The molecule has 7 nitrogen and oxygen atoms in total. The molecule has 2 unspecified atom stereocenters. The Morgan fingerprint density at radius 3 is 2.36 bits per heavy atom. The zero-order chi connectivity index (χ0) is 18.6. The van der Waals surface area contributed by atoms with E-state index in [0.717, 1.165) is 0 Å². The summed E-state index contributed by atoms with van der Waals surface area (Å²) in [4.78, 5) is 37.1. The van der Waals surface area contributed by atoms with Crippen LogP contribution in [-0.4, -0.2) is 47.0 Å². The van der Waals surface area contributed by atoms with Crippen molar-refractivity contribution in [3.8, 4) is 0 Å². The van der Waals surface area contributed by atoms with Crippen LogP contribution in [0.4, 0.5) is 10.5 Å². The Morgan fingerprint density at radius 2 is 1.84 bits per heavy atom. The van der Waals surface area contributed by atoms with Crippen LogP contribution in [0.5, 0.6) is 0 Å². The van der Waals surface area contributed by atoms with Gasteiger partial charge in [0, 0.05) is 30.4 Å². The molecule has 0 aliphatic carbocycles. The number of rotatable bonds is 4. The van der Waals surface area contributed by atoms with Crippen LogP contribution in [0.15, 0.2) is 24.3 Å². The average Bonchev–Trinajstić information content (AvgIpc) is 2.53. The maximum atomic E-state index is 12.6. The SMILES string of the molecule is CC(C)NC(=O)Nc1ccc(C(=O)N2CCC(C(=O)O)C(C)C2)cc1. The number of hydrogen-bond acceptors (Lipinski definition) is 3. The molecule has 0 radical (unpaired) electrons. The summed E-state index contributed by atoms with van der Waals surface area (Å²) in [7, 11) is 0. The van der Waals surface area contributed by atoms with Crippen LogP contribution in [0.3, 0.4) is 0 Å². The lowest BCUT2D eigenvalue weighted by atomic mass is 9.87. The van der Waals surface area contributed by atoms with E-state index in [0.29, 0.717) is 30.8 Å². The van der Waals surface area contributed by atoms with E-state index in [9.17, 15) is 14.4 Å². The molecule has 0 saturated carbocycles. The molecule has 0 bridgehead atoms. The standard InChI is InChI=1S/C18H25N3O4/c1-11(2)19-18(25)20-14-6-4-13(5-7-14)16(22)21-9-8-15(17(23)24)12(3)10-21/h4-7,11-12,15H,8-10H2,1-3H3,(H,23,24)(H2,19,20,25). The number of carbonyl (C=O) groups excluding carboxylic acids is 2. The maximum absolute atomic E-state index is 12.6. The summed E-state index contributed by atoms with van der Waals surface area (Å²) in [6, 6.07) is 6.44. The molecule has 1 heterocycles. The van der Waals surface area contributed by atoms with E-state index < -0.39 is 11.9 Å². The number of carboxylic acids is 1. The highest BCUT2D eigenvalue weighted by Gasteiger charge is 2.33. The zero-order valence-electron chi connectivity index (χ0n) is 14.8. The Balaban J connectivity index is 1.97. The number of hydrogen-bond donors (Lipinski definition) is 3. The van der Waals surface area contributed by atoms with Gasteiger partial charge < -0.3 is 20.6 Å². The Morgan fingerprint density at radius 1 is 1.20 bits per heavy atom. The van der Waals surface area contributed by atoms with E-state index in [1.165, 1.54) is 0 Å². The predicted octanol–water partition coefficient (Wildman–Crippen LogP) is 2.40. The van der Waals surface area contributed by atoms with E-state index in [1.807, 2.05) is 20.8 Å². The summed E-state index contributed by atoms with van der Waals surface area (Å²) in [6.45, 7) is 6.48. The normalized spacial score (nSPS) is 20.2. The number of nitrogens with one attached hydrogen (secondary N) is 2. The van der Waals surface area contributed by atoms with Crippen LogP contribution in [0.2, 0.25) is 0 Å². The number of benzene rings is 1. The minimum Gasteiger partial charge on any atom is -0.481 e. The van der Waals surface area contributed by atoms with E-state index in [-0.39, 0.29) is 23.9 Å². The molecule has 0 aromatic heterocycles. The molecular formula is C18H25N3O4. The van der Waals surface area contributed by atoms with E-state index in [1.54, 1.807) is 29.2 Å². The molecule has 136 valence electrons. The number of amides is 3. The first-order valence-electron chi connectivity index (χ1n) is 8.47. The maximum Gasteiger partial charge on any atom is 0.319 e. The number of carboxylic acid groups (broad SMARTS) is 1. The first kappa shape index (κ1) is 18.8. The zero-order valence-corrected chi connectivity index (χ0v) is 14.8. The first-order valence-corrected chi connectivity index (χ1v) is 8.47. The molecule has 2 rings (SSSR count). The second-order valence-corrected chi connectivity index (χ2v) is 6.79. The monoisotopic (exact) mass is 347 g/mol. The molecule has 3 amide bonds. The molecule has 1 aliphatic rings. The second kappa shape index (κ2) is 8.00. The molecule has 1 aromatic carbocycles.